The number of rotatable bonds is 6. The molecule has 0 amide bonds. The van der Waals surface area contributed by atoms with Crippen molar-refractivity contribution in [2.45, 2.75) is 34.2 Å². The third-order valence-electron chi connectivity index (χ3n) is 8.22. The summed E-state index contributed by atoms with van der Waals surface area (Å²) in [6, 6.07) is 33.7. The number of fused-ring (bicyclic) bond motifs is 6. The van der Waals surface area contributed by atoms with E-state index < -0.39 is 0 Å². The zero-order valence-electron chi connectivity index (χ0n) is 31.2. The van der Waals surface area contributed by atoms with Gasteiger partial charge in [-0.25, -0.2) is 0 Å². The van der Waals surface area contributed by atoms with E-state index in [4.69, 9.17) is 27.7 Å². The van der Waals surface area contributed by atoms with Crippen molar-refractivity contribution in [1.82, 2.24) is 9.13 Å². The molecule has 7 heteroatoms. The predicted octanol–water partition coefficient (Wildman–Crippen LogP) is 11.3. The molecule has 7 nitrogen and oxygen atoms in total. The lowest BCUT2D eigenvalue weighted by atomic mass is 9.93. The molecule has 2 aromatic heterocycles. The smallest absolute Gasteiger partial charge is 0.0801 e. The van der Waals surface area contributed by atoms with Gasteiger partial charge in [0.2, 0.25) is 0 Å². The normalized spacial score (nSPS) is 10.1. The van der Waals surface area contributed by atoms with Crippen molar-refractivity contribution in [3.8, 4) is 11.4 Å². The number of benzene rings is 5. The first-order valence-electron chi connectivity index (χ1n) is 17.3. The summed E-state index contributed by atoms with van der Waals surface area (Å²) in [5, 5.41) is 27.9. The standard InChI is InChI=1S/C34H27N5.C3H6N2.3C3H6/c1-21-26(18-35)28(20-37)34(39-31-16-8-4-12-24(31)25-13-5-9-17-32(25)39)33(27(21)19-36)38-29-14-6-2-10-22(29)23-11-3-7-15-30(23)38;4-2-1-3-5;3*1-3-2/h2-18,20,35,37H,19,36H2,1H3;1-4H,5H2;3*3H,1H2,2H3/b;3-1-,4-2?;;;. The van der Waals surface area contributed by atoms with Gasteiger partial charge < -0.3 is 36.8 Å². The highest BCUT2D eigenvalue weighted by Crippen LogP contribution is 2.42. The van der Waals surface area contributed by atoms with Crippen LogP contribution in [0.15, 0.2) is 147 Å². The van der Waals surface area contributed by atoms with Crippen LogP contribution < -0.4 is 11.5 Å². The van der Waals surface area contributed by atoms with E-state index in [1.807, 2.05) is 27.7 Å². The number of nitrogens with two attached hydrogens (primary N) is 2. The minimum Gasteiger partial charge on any atom is -0.405 e. The molecule has 0 radical (unpaired) electrons. The van der Waals surface area contributed by atoms with Crippen LogP contribution in [-0.4, -0.2) is 27.8 Å². The van der Waals surface area contributed by atoms with Crippen molar-refractivity contribution in [3.05, 3.63) is 170 Å². The van der Waals surface area contributed by atoms with E-state index >= 15 is 0 Å². The molecule has 7 aromatic rings. The second-order valence-corrected chi connectivity index (χ2v) is 11.6. The fourth-order valence-corrected chi connectivity index (χ4v) is 6.37. The fourth-order valence-electron chi connectivity index (χ4n) is 6.37. The van der Waals surface area contributed by atoms with Crippen LogP contribution in [0.25, 0.3) is 55.0 Å². The molecule has 7 N–H and O–H groups in total. The van der Waals surface area contributed by atoms with Gasteiger partial charge in [0, 0.05) is 57.9 Å². The molecule has 0 bridgehead atoms. The topological polar surface area (TPSA) is 133 Å². The van der Waals surface area contributed by atoms with Gasteiger partial charge in [-0.15, -0.1) is 19.7 Å². The van der Waals surface area contributed by atoms with Crippen molar-refractivity contribution in [1.29, 1.82) is 16.2 Å². The summed E-state index contributed by atoms with van der Waals surface area (Å²) in [5.74, 6) is 0. The molecule has 0 spiro atoms. The third-order valence-corrected chi connectivity index (χ3v) is 8.22. The molecule has 0 unspecified atom stereocenters. The highest BCUT2D eigenvalue weighted by molar-refractivity contribution is 6.13. The summed E-state index contributed by atoms with van der Waals surface area (Å²) in [6.45, 7) is 18.1. The molecule has 0 fully saturated rings. The monoisotopic (exact) mass is 701 g/mol. The van der Waals surface area contributed by atoms with Gasteiger partial charge in [0.25, 0.3) is 0 Å². The Balaban J connectivity index is 0.000000470. The summed E-state index contributed by atoms with van der Waals surface area (Å²) >= 11 is 0. The summed E-state index contributed by atoms with van der Waals surface area (Å²) in [4.78, 5) is 0. The van der Waals surface area contributed by atoms with Gasteiger partial charge in [0.1, 0.15) is 0 Å². The van der Waals surface area contributed by atoms with Crippen LogP contribution in [0.4, 0.5) is 0 Å². The van der Waals surface area contributed by atoms with Crippen LogP contribution in [0.5, 0.6) is 0 Å². The van der Waals surface area contributed by atoms with Gasteiger partial charge in [-0.05, 0) is 75.4 Å². The molecule has 270 valence electrons. The molecule has 0 saturated carbocycles. The Hall–Kier alpha value is -6.57. The Bertz CT molecular complexity index is 2280. The van der Waals surface area contributed by atoms with E-state index in [1.165, 1.54) is 24.7 Å². The van der Waals surface area contributed by atoms with E-state index in [-0.39, 0.29) is 0 Å². The van der Waals surface area contributed by atoms with E-state index in [1.54, 1.807) is 18.2 Å². The molecule has 0 aliphatic heterocycles. The second-order valence-electron chi connectivity index (χ2n) is 11.6. The van der Waals surface area contributed by atoms with Crippen molar-refractivity contribution >= 4 is 62.3 Å². The van der Waals surface area contributed by atoms with Crippen LogP contribution in [0.2, 0.25) is 0 Å². The molecule has 5 aromatic carbocycles. The number of hydrogen-bond donors (Lipinski definition) is 5. The first-order chi connectivity index (χ1) is 25.8. The van der Waals surface area contributed by atoms with Gasteiger partial charge in [-0.3, -0.25) is 0 Å². The maximum Gasteiger partial charge on any atom is 0.0801 e. The SMILES string of the molecule is C=CC.C=CC.C=CC.Cc1c(C=N)c(C=N)c(-n2c3ccccc3c3ccccc32)c(-n2c3ccccc3c3ccccc32)c1CN.N=C/C=C\N. The predicted molar refractivity (Wildman–Crippen MR) is 233 cm³/mol. The lowest BCUT2D eigenvalue weighted by Gasteiger charge is -2.25. The lowest BCUT2D eigenvalue weighted by Crippen LogP contribution is -2.16. The van der Waals surface area contributed by atoms with E-state index in [2.05, 4.69) is 126 Å². The van der Waals surface area contributed by atoms with Crippen LogP contribution in [0.1, 0.15) is 43.0 Å². The zero-order valence-corrected chi connectivity index (χ0v) is 31.2. The van der Waals surface area contributed by atoms with Crippen LogP contribution in [-0.2, 0) is 6.54 Å². The molecule has 0 aliphatic rings. The molecule has 0 aliphatic carbocycles. The zero-order chi connectivity index (χ0) is 38.9. The van der Waals surface area contributed by atoms with E-state index in [0.29, 0.717) is 17.7 Å². The number of aromatic nitrogens is 2. The molecule has 7 rings (SSSR count). The number of nitrogens with zero attached hydrogens (tertiary/aromatic N) is 2. The minimum absolute atomic E-state index is 0.297. The first-order valence-corrected chi connectivity index (χ1v) is 17.3. The van der Waals surface area contributed by atoms with Crippen molar-refractivity contribution in [2.24, 2.45) is 11.5 Å². The highest BCUT2D eigenvalue weighted by atomic mass is 15.1. The number of allylic oxidation sites excluding steroid dienone is 4. The van der Waals surface area contributed by atoms with Gasteiger partial charge >= 0.3 is 0 Å². The fraction of sp³-hybridized carbons (Fsp3) is 0.109. The summed E-state index contributed by atoms with van der Waals surface area (Å²) < 4.78 is 4.56. The molecule has 53 heavy (non-hydrogen) atoms. The third kappa shape index (κ3) is 8.33. The largest absolute Gasteiger partial charge is 0.405 e. The van der Waals surface area contributed by atoms with Gasteiger partial charge in [-0.2, -0.15) is 0 Å². The van der Waals surface area contributed by atoms with Crippen molar-refractivity contribution < 1.29 is 0 Å². The maximum absolute atomic E-state index is 8.64. The Morgan fingerprint density at radius 1 is 0.566 bits per heavy atom. The number of para-hydroxylation sites is 4. The average molecular weight is 702 g/mol. The first kappa shape index (κ1) is 40.9. The van der Waals surface area contributed by atoms with Crippen LogP contribution >= 0.6 is 0 Å². The molecule has 0 atom stereocenters. The van der Waals surface area contributed by atoms with Crippen LogP contribution in [0, 0.1) is 23.2 Å². The number of hydrogen-bond acceptors (Lipinski definition) is 5. The lowest BCUT2D eigenvalue weighted by molar-refractivity contribution is 0.983. The Morgan fingerprint density at radius 2 is 0.887 bits per heavy atom. The van der Waals surface area contributed by atoms with Crippen LogP contribution in [0.3, 0.4) is 0 Å². The Labute approximate surface area is 313 Å². The van der Waals surface area contributed by atoms with E-state index in [9.17, 15) is 0 Å². The highest BCUT2D eigenvalue weighted by Gasteiger charge is 2.27. The summed E-state index contributed by atoms with van der Waals surface area (Å²) in [5.41, 5.74) is 20.7. The van der Waals surface area contributed by atoms with Crippen molar-refractivity contribution in [2.75, 3.05) is 0 Å². The van der Waals surface area contributed by atoms with Gasteiger partial charge in [0.05, 0.1) is 33.4 Å². The molecule has 0 saturated heterocycles. The minimum atomic E-state index is 0.297. The second kappa shape index (κ2) is 20.3. The molecule has 2 heterocycles. The quantitative estimate of drug-likeness (QED) is 0.0872. The van der Waals surface area contributed by atoms with Gasteiger partial charge in [0.15, 0.2) is 0 Å². The molecular formula is C46H51N7. The maximum atomic E-state index is 8.64. The Morgan fingerprint density at radius 3 is 1.15 bits per heavy atom. The Kier molecular flexibility index (Phi) is 15.7. The van der Waals surface area contributed by atoms with E-state index in [0.717, 1.165) is 72.3 Å². The summed E-state index contributed by atoms with van der Waals surface area (Å²) in [6.07, 6.45) is 11.9. The molecular weight excluding hydrogens is 651 g/mol. The summed E-state index contributed by atoms with van der Waals surface area (Å²) in [7, 11) is 0. The average Bonchev–Trinajstić information content (AvgIpc) is 3.69. The number of nitrogens with one attached hydrogen (secondary N) is 3. The van der Waals surface area contributed by atoms with Gasteiger partial charge in [-0.1, -0.05) is 91.0 Å². The van der Waals surface area contributed by atoms with Crippen molar-refractivity contribution in [3.63, 3.8) is 0 Å².